The quantitative estimate of drug-likeness (QED) is 0.712. The van der Waals surface area contributed by atoms with Gasteiger partial charge in [-0.1, -0.05) is 27.5 Å². The molecule has 2 rings (SSSR count). The second-order valence-electron chi connectivity index (χ2n) is 3.77. The van der Waals surface area contributed by atoms with Gasteiger partial charge in [-0.2, -0.15) is 0 Å². The van der Waals surface area contributed by atoms with E-state index in [0.29, 0.717) is 14.0 Å². The van der Waals surface area contributed by atoms with Gasteiger partial charge in [0.2, 0.25) is 0 Å². The molecule has 0 fully saturated rings. The summed E-state index contributed by atoms with van der Waals surface area (Å²) < 4.78 is 28.0. The zero-order chi connectivity index (χ0) is 14.9. The Kier molecular flexibility index (Phi) is 4.58. The van der Waals surface area contributed by atoms with Crippen molar-refractivity contribution in [2.24, 2.45) is 0 Å². The number of aromatic nitrogens is 1. The van der Waals surface area contributed by atoms with E-state index in [1.807, 2.05) is 0 Å². The number of benzene rings is 1. The average molecular weight is 442 g/mol. The van der Waals surface area contributed by atoms with Gasteiger partial charge in [-0.25, -0.2) is 13.4 Å². The predicted molar refractivity (Wildman–Crippen MR) is 86.3 cm³/mol. The van der Waals surface area contributed by atoms with Crippen LogP contribution in [0.3, 0.4) is 0 Å². The minimum absolute atomic E-state index is 0.0440. The average Bonchev–Trinajstić information content (AvgIpc) is 2.30. The normalized spacial score (nSPS) is 11.3. The Balaban J connectivity index is 2.43. The lowest BCUT2D eigenvalue weighted by Gasteiger charge is -2.11. The number of nitrogens with one attached hydrogen (secondary N) is 1. The van der Waals surface area contributed by atoms with Crippen molar-refractivity contribution in [2.75, 3.05) is 10.5 Å². The van der Waals surface area contributed by atoms with Gasteiger partial charge < -0.3 is 5.73 Å². The first-order valence-electron chi connectivity index (χ1n) is 5.18. The number of nitrogens with zero attached hydrogens (tertiary/aromatic N) is 1. The summed E-state index contributed by atoms with van der Waals surface area (Å²) in [5.41, 5.74) is 5.88. The Bertz CT molecular complexity index is 728. The molecule has 9 heteroatoms. The molecule has 1 aromatic heterocycles. The fourth-order valence-electron chi connectivity index (χ4n) is 1.49. The van der Waals surface area contributed by atoms with Crippen molar-refractivity contribution in [1.29, 1.82) is 0 Å². The van der Waals surface area contributed by atoms with Gasteiger partial charge in [0.15, 0.2) is 0 Å². The third-order valence-corrected chi connectivity index (χ3v) is 5.31. The molecule has 0 aliphatic rings. The van der Waals surface area contributed by atoms with Crippen LogP contribution in [-0.4, -0.2) is 13.4 Å². The Morgan fingerprint density at radius 3 is 2.50 bits per heavy atom. The highest BCUT2D eigenvalue weighted by Gasteiger charge is 2.22. The Labute approximate surface area is 137 Å². The summed E-state index contributed by atoms with van der Waals surface area (Å²) in [7, 11) is -3.85. The van der Waals surface area contributed by atoms with Crippen molar-refractivity contribution in [3.05, 3.63) is 44.4 Å². The number of halogens is 3. The summed E-state index contributed by atoms with van der Waals surface area (Å²) in [5, 5.41) is 0.414. The van der Waals surface area contributed by atoms with Gasteiger partial charge in [0.25, 0.3) is 10.0 Å². The van der Waals surface area contributed by atoms with Crippen LogP contribution in [0.1, 0.15) is 0 Å². The molecule has 0 saturated heterocycles. The monoisotopic (exact) mass is 439 g/mol. The van der Waals surface area contributed by atoms with Crippen LogP contribution in [0.25, 0.3) is 0 Å². The summed E-state index contributed by atoms with van der Waals surface area (Å²) in [6.45, 7) is 0. The summed E-state index contributed by atoms with van der Waals surface area (Å²) in [6.07, 6.45) is 1.35. The van der Waals surface area contributed by atoms with Crippen molar-refractivity contribution >= 4 is 65.0 Å². The summed E-state index contributed by atoms with van der Waals surface area (Å²) in [4.78, 5) is 3.83. The number of hydrogen-bond donors (Lipinski definition) is 2. The first-order valence-corrected chi connectivity index (χ1v) is 8.63. The van der Waals surface area contributed by atoms with E-state index < -0.39 is 10.0 Å². The van der Waals surface area contributed by atoms with Crippen LogP contribution in [-0.2, 0) is 10.0 Å². The van der Waals surface area contributed by atoms with Crippen molar-refractivity contribution in [1.82, 2.24) is 4.98 Å². The van der Waals surface area contributed by atoms with Gasteiger partial charge in [-0.15, -0.1) is 0 Å². The van der Waals surface area contributed by atoms with Crippen LogP contribution < -0.4 is 10.5 Å². The molecule has 0 radical (unpaired) electrons. The summed E-state index contributed by atoms with van der Waals surface area (Å²) in [5.74, 6) is 0.156. The van der Waals surface area contributed by atoms with Crippen LogP contribution in [0.2, 0.25) is 5.02 Å². The minimum atomic E-state index is -3.85. The maximum absolute atomic E-state index is 12.3. The fourth-order valence-corrected chi connectivity index (χ4v) is 4.68. The van der Waals surface area contributed by atoms with Gasteiger partial charge in [0.1, 0.15) is 10.7 Å². The lowest BCUT2D eigenvalue weighted by molar-refractivity contribution is 0.601. The molecule has 20 heavy (non-hydrogen) atoms. The van der Waals surface area contributed by atoms with E-state index in [-0.39, 0.29) is 16.4 Å². The summed E-state index contributed by atoms with van der Waals surface area (Å²) in [6, 6.07) is 6.10. The van der Waals surface area contributed by atoms with Gasteiger partial charge >= 0.3 is 0 Å². The zero-order valence-corrected chi connectivity index (χ0v) is 14.5. The molecule has 3 N–H and O–H groups in total. The molecular weight excluding hydrogens is 433 g/mol. The zero-order valence-electron chi connectivity index (χ0n) is 9.77. The number of nitrogens with two attached hydrogens (primary N) is 1. The lowest BCUT2D eigenvalue weighted by Crippen LogP contribution is -2.16. The van der Waals surface area contributed by atoms with E-state index in [1.54, 1.807) is 6.07 Å². The SMILES string of the molecule is Nc1cc(Br)cc(Br)c1S(=O)(=O)Nc1ccc(Cl)cn1. The highest BCUT2D eigenvalue weighted by Crippen LogP contribution is 2.32. The van der Waals surface area contributed by atoms with Crippen molar-refractivity contribution in [3.8, 4) is 0 Å². The molecule has 0 unspecified atom stereocenters. The standard InChI is InChI=1S/C11H8Br2ClN3O2S/c12-6-3-8(13)11(9(15)4-6)20(18,19)17-10-2-1-7(14)5-16-10/h1-5H,15H2,(H,16,17). The first-order chi connectivity index (χ1) is 9.29. The van der Waals surface area contributed by atoms with E-state index in [9.17, 15) is 8.42 Å². The minimum Gasteiger partial charge on any atom is -0.398 e. The molecule has 106 valence electrons. The maximum atomic E-state index is 12.3. The molecule has 0 amide bonds. The second-order valence-corrected chi connectivity index (χ2v) is 7.60. The summed E-state index contributed by atoms with van der Waals surface area (Å²) >= 11 is 12.1. The van der Waals surface area contributed by atoms with Crippen LogP contribution in [0, 0.1) is 0 Å². The largest absolute Gasteiger partial charge is 0.398 e. The number of sulfonamides is 1. The molecule has 0 saturated carbocycles. The third-order valence-electron chi connectivity index (χ3n) is 2.27. The lowest BCUT2D eigenvalue weighted by atomic mass is 10.3. The topological polar surface area (TPSA) is 85.1 Å². The number of rotatable bonds is 3. The van der Waals surface area contributed by atoms with Crippen molar-refractivity contribution < 1.29 is 8.42 Å². The molecule has 1 heterocycles. The molecule has 2 aromatic rings. The third kappa shape index (κ3) is 3.43. The highest BCUT2D eigenvalue weighted by molar-refractivity contribution is 9.11. The highest BCUT2D eigenvalue weighted by atomic mass is 79.9. The van der Waals surface area contributed by atoms with E-state index in [2.05, 4.69) is 41.6 Å². The molecular formula is C11H8Br2ClN3O2S. The van der Waals surface area contributed by atoms with Crippen LogP contribution in [0.5, 0.6) is 0 Å². The fraction of sp³-hybridized carbons (Fsp3) is 0. The van der Waals surface area contributed by atoms with E-state index >= 15 is 0 Å². The number of hydrogen-bond acceptors (Lipinski definition) is 4. The predicted octanol–water partition coefficient (Wildman–Crippen LogP) is 3.64. The Morgan fingerprint density at radius 1 is 1.25 bits per heavy atom. The molecule has 0 bridgehead atoms. The Hall–Kier alpha value is -0.830. The number of pyridine rings is 1. The van der Waals surface area contributed by atoms with E-state index in [0.717, 1.165) is 0 Å². The molecule has 0 atom stereocenters. The van der Waals surface area contributed by atoms with E-state index in [1.165, 1.54) is 24.4 Å². The van der Waals surface area contributed by atoms with Crippen molar-refractivity contribution in [3.63, 3.8) is 0 Å². The first kappa shape index (κ1) is 15.6. The van der Waals surface area contributed by atoms with Crippen LogP contribution in [0.15, 0.2) is 44.3 Å². The van der Waals surface area contributed by atoms with Gasteiger partial charge in [0, 0.05) is 15.1 Å². The molecule has 0 aliphatic carbocycles. The molecule has 0 spiro atoms. The smallest absolute Gasteiger partial charge is 0.266 e. The van der Waals surface area contributed by atoms with Gasteiger partial charge in [0.05, 0.1) is 10.7 Å². The van der Waals surface area contributed by atoms with Gasteiger partial charge in [-0.05, 0) is 40.2 Å². The number of anilines is 2. The van der Waals surface area contributed by atoms with Crippen LogP contribution in [0.4, 0.5) is 11.5 Å². The maximum Gasteiger partial charge on any atom is 0.266 e. The van der Waals surface area contributed by atoms with Crippen molar-refractivity contribution in [2.45, 2.75) is 4.90 Å². The second kappa shape index (κ2) is 5.88. The number of nitrogen functional groups attached to an aromatic ring is 1. The van der Waals surface area contributed by atoms with Gasteiger partial charge in [-0.3, -0.25) is 4.72 Å². The molecule has 5 nitrogen and oxygen atoms in total. The Morgan fingerprint density at radius 2 is 1.95 bits per heavy atom. The molecule has 1 aromatic carbocycles. The van der Waals surface area contributed by atoms with Crippen LogP contribution >= 0.6 is 43.5 Å². The van der Waals surface area contributed by atoms with E-state index in [4.69, 9.17) is 17.3 Å². The molecule has 0 aliphatic heterocycles.